The number of anilines is 1. The number of aromatic nitrogens is 5. The van der Waals surface area contributed by atoms with E-state index in [1.165, 1.54) is 25.1 Å². The second-order valence-corrected chi connectivity index (χ2v) is 7.89. The zero-order chi connectivity index (χ0) is 20.0. The molecule has 0 spiro atoms. The van der Waals surface area contributed by atoms with Crippen LogP contribution in [0.2, 0.25) is 0 Å². The molecule has 0 bridgehead atoms. The van der Waals surface area contributed by atoms with Crippen LogP contribution in [0.5, 0.6) is 5.75 Å². The average molecular weight is 395 g/mol. The molecule has 1 aromatic carbocycles. The van der Waals surface area contributed by atoms with Crippen molar-refractivity contribution in [1.29, 1.82) is 0 Å². The van der Waals surface area contributed by atoms with Crippen LogP contribution >= 0.6 is 0 Å². The van der Waals surface area contributed by atoms with E-state index in [1.54, 1.807) is 18.3 Å². The summed E-state index contributed by atoms with van der Waals surface area (Å²) in [6, 6.07) is 5.71. The Kier molecular flexibility index (Phi) is 4.39. The Balaban J connectivity index is 1.37. The Bertz CT molecular complexity index is 1020. The monoisotopic (exact) mass is 395 g/mol. The summed E-state index contributed by atoms with van der Waals surface area (Å²) in [7, 11) is 0. The molecule has 2 aromatic heterocycles. The molecule has 0 unspecified atom stereocenters. The fraction of sp³-hybridized carbons (Fsp3) is 0.400. The van der Waals surface area contributed by atoms with Crippen LogP contribution in [-0.4, -0.2) is 55.7 Å². The molecule has 0 amide bonds. The number of rotatable bonds is 4. The van der Waals surface area contributed by atoms with Gasteiger partial charge in [0, 0.05) is 30.7 Å². The molecular weight excluding hydrogens is 373 g/mol. The number of H-pyrrole nitrogens is 1. The number of hydrogen-bond donors (Lipinski definition) is 3. The quantitative estimate of drug-likeness (QED) is 0.623. The first-order valence-electron chi connectivity index (χ1n) is 9.82. The van der Waals surface area contributed by atoms with Gasteiger partial charge in [0.1, 0.15) is 11.4 Å². The van der Waals surface area contributed by atoms with Gasteiger partial charge in [0.25, 0.3) is 0 Å². The summed E-state index contributed by atoms with van der Waals surface area (Å²) < 4.78 is 13.7. The third-order valence-electron chi connectivity index (χ3n) is 5.61. The molecule has 5 rings (SSSR count). The van der Waals surface area contributed by atoms with E-state index in [9.17, 15) is 9.50 Å². The van der Waals surface area contributed by atoms with Crippen molar-refractivity contribution >= 4 is 5.95 Å². The maximum Gasteiger partial charge on any atom is 0.245 e. The molecule has 2 atom stereocenters. The van der Waals surface area contributed by atoms with Gasteiger partial charge in [-0.3, -0.25) is 5.10 Å². The highest BCUT2D eigenvalue weighted by Gasteiger charge is 2.36. The predicted octanol–water partition coefficient (Wildman–Crippen LogP) is 2.35. The summed E-state index contributed by atoms with van der Waals surface area (Å²) in [6.45, 7) is 3.89. The molecule has 29 heavy (non-hydrogen) atoms. The number of phenols is 1. The number of halogens is 1. The van der Waals surface area contributed by atoms with Crippen molar-refractivity contribution in [2.24, 2.45) is 5.92 Å². The van der Waals surface area contributed by atoms with Crippen LogP contribution in [0.1, 0.15) is 19.8 Å². The smallest absolute Gasteiger partial charge is 0.245 e. The first-order chi connectivity index (χ1) is 14.1. The van der Waals surface area contributed by atoms with Gasteiger partial charge in [0.05, 0.1) is 18.0 Å². The lowest BCUT2D eigenvalue weighted by Gasteiger charge is -2.37. The zero-order valence-corrected chi connectivity index (χ0v) is 16.0. The predicted molar refractivity (Wildman–Crippen MR) is 106 cm³/mol. The lowest BCUT2D eigenvalue weighted by Crippen LogP contribution is -2.56. The third kappa shape index (κ3) is 3.53. The highest BCUT2D eigenvalue weighted by molar-refractivity contribution is 5.73. The summed E-state index contributed by atoms with van der Waals surface area (Å²) in [5, 5.41) is 28.6. The number of hydrogen-bond acceptors (Lipinski definition) is 7. The number of aromatic amines is 1. The van der Waals surface area contributed by atoms with E-state index in [2.05, 4.69) is 42.5 Å². The van der Waals surface area contributed by atoms with E-state index in [0.717, 1.165) is 19.0 Å². The summed E-state index contributed by atoms with van der Waals surface area (Å²) in [4.78, 5) is 6.67. The van der Waals surface area contributed by atoms with Gasteiger partial charge in [-0.05, 0) is 43.4 Å². The maximum absolute atomic E-state index is 13.7. The van der Waals surface area contributed by atoms with Crippen molar-refractivity contribution in [1.82, 2.24) is 30.7 Å². The van der Waals surface area contributed by atoms with E-state index >= 15 is 0 Å². The van der Waals surface area contributed by atoms with Crippen LogP contribution in [0.4, 0.5) is 10.3 Å². The lowest BCUT2D eigenvalue weighted by molar-refractivity contribution is 0.355. The van der Waals surface area contributed by atoms with Crippen LogP contribution in [0, 0.1) is 11.9 Å². The maximum atomic E-state index is 13.7. The Hall–Kier alpha value is -3.07. The molecular formula is C20H22FN7O. The minimum absolute atomic E-state index is 0.0171. The fourth-order valence-corrected chi connectivity index (χ4v) is 3.99. The second kappa shape index (κ2) is 7.07. The third-order valence-corrected chi connectivity index (χ3v) is 5.61. The SMILES string of the molecule is C[C@H]1CN(c2ncc(-c3ccc(-c4cn[nH]c4F)cc3O)nn2)C[C@@H](C2CC2)N1. The van der Waals surface area contributed by atoms with E-state index in [-0.39, 0.29) is 5.75 Å². The van der Waals surface area contributed by atoms with E-state index < -0.39 is 5.95 Å². The minimum atomic E-state index is -0.544. The molecule has 3 heterocycles. The Labute approximate surface area is 167 Å². The largest absolute Gasteiger partial charge is 0.507 e. The van der Waals surface area contributed by atoms with Crippen LogP contribution in [-0.2, 0) is 0 Å². The molecule has 1 saturated heterocycles. The van der Waals surface area contributed by atoms with E-state index in [0.29, 0.717) is 40.4 Å². The van der Waals surface area contributed by atoms with Crippen molar-refractivity contribution in [2.75, 3.05) is 18.0 Å². The van der Waals surface area contributed by atoms with Crippen molar-refractivity contribution in [2.45, 2.75) is 31.8 Å². The number of piperazine rings is 1. The summed E-state index contributed by atoms with van der Waals surface area (Å²) in [5.74, 6) is 0.793. The Morgan fingerprint density at radius 1 is 1.14 bits per heavy atom. The number of nitrogens with one attached hydrogen (secondary N) is 2. The second-order valence-electron chi connectivity index (χ2n) is 7.89. The molecule has 3 N–H and O–H groups in total. The summed E-state index contributed by atoms with van der Waals surface area (Å²) in [5.41, 5.74) is 1.78. The van der Waals surface area contributed by atoms with E-state index in [1.807, 2.05) is 0 Å². The topological polar surface area (TPSA) is 103 Å². The molecule has 8 nitrogen and oxygen atoms in total. The molecule has 1 aliphatic heterocycles. The number of benzene rings is 1. The molecule has 1 aliphatic carbocycles. The number of aromatic hydroxyl groups is 1. The van der Waals surface area contributed by atoms with Crippen molar-refractivity contribution < 1.29 is 9.50 Å². The van der Waals surface area contributed by atoms with Crippen molar-refractivity contribution in [3.8, 4) is 28.1 Å². The minimum Gasteiger partial charge on any atom is -0.507 e. The molecule has 9 heteroatoms. The van der Waals surface area contributed by atoms with Gasteiger partial charge < -0.3 is 15.3 Å². The van der Waals surface area contributed by atoms with Crippen LogP contribution in [0.25, 0.3) is 22.4 Å². The first kappa shape index (κ1) is 18.0. The average Bonchev–Trinajstić information content (AvgIpc) is 3.49. The summed E-state index contributed by atoms with van der Waals surface area (Å²) in [6.07, 6.45) is 5.57. The molecule has 150 valence electrons. The number of phenolic OH excluding ortho intramolecular Hbond substituents is 1. The van der Waals surface area contributed by atoms with Gasteiger partial charge >= 0.3 is 0 Å². The van der Waals surface area contributed by atoms with Gasteiger partial charge in [-0.15, -0.1) is 10.2 Å². The van der Waals surface area contributed by atoms with Gasteiger partial charge in [-0.1, -0.05) is 6.07 Å². The van der Waals surface area contributed by atoms with E-state index in [4.69, 9.17) is 0 Å². The van der Waals surface area contributed by atoms with Gasteiger partial charge in [-0.25, -0.2) is 4.98 Å². The van der Waals surface area contributed by atoms with Gasteiger partial charge in [-0.2, -0.15) is 9.49 Å². The van der Waals surface area contributed by atoms with Crippen molar-refractivity contribution in [3.63, 3.8) is 0 Å². The normalized spacial score (nSPS) is 22.1. The Morgan fingerprint density at radius 2 is 2.00 bits per heavy atom. The van der Waals surface area contributed by atoms with Crippen LogP contribution in [0.15, 0.2) is 30.6 Å². The highest BCUT2D eigenvalue weighted by atomic mass is 19.1. The molecule has 3 aromatic rings. The molecule has 2 fully saturated rings. The number of nitrogens with zero attached hydrogens (tertiary/aromatic N) is 5. The molecule has 0 radical (unpaired) electrons. The first-order valence-corrected chi connectivity index (χ1v) is 9.82. The van der Waals surface area contributed by atoms with Crippen LogP contribution in [0.3, 0.4) is 0 Å². The summed E-state index contributed by atoms with van der Waals surface area (Å²) >= 11 is 0. The lowest BCUT2D eigenvalue weighted by atomic mass is 10.0. The molecule has 1 saturated carbocycles. The van der Waals surface area contributed by atoms with Crippen LogP contribution < -0.4 is 10.2 Å². The standard InChI is InChI=1S/C20H22FN7O/c1-11-9-28(10-17(24-11)12-2-3-12)20-22-8-16(25-27-20)14-5-4-13(6-18(14)29)15-7-23-26-19(15)21/h4-8,11-12,17,24,29H,2-3,9-10H2,1H3,(H,23,26)/t11-,17-/m0/s1. The fourth-order valence-electron chi connectivity index (χ4n) is 3.99. The van der Waals surface area contributed by atoms with Crippen molar-refractivity contribution in [3.05, 3.63) is 36.5 Å². The van der Waals surface area contributed by atoms with Gasteiger partial charge in [0.2, 0.25) is 11.9 Å². The highest BCUT2D eigenvalue weighted by Crippen LogP contribution is 2.35. The zero-order valence-electron chi connectivity index (χ0n) is 16.0. The van der Waals surface area contributed by atoms with Gasteiger partial charge in [0.15, 0.2) is 0 Å². The Morgan fingerprint density at radius 3 is 2.66 bits per heavy atom. The molecule has 2 aliphatic rings.